The fourth-order valence-electron chi connectivity index (χ4n) is 3.45. The van der Waals surface area contributed by atoms with Gasteiger partial charge in [0.2, 0.25) is 15.9 Å². The number of amides is 2. The third kappa shape index (κ3) is 4.91. The topological polar surface area (TPSA) is 96.0 Å². The summed E-state index contributed by atoms with van der Waals surface area (Å²) in [5.74, 6) is -0.0233. The number of methoxy groups -OCH3 is 1. The summed E-state index contributed by atoms with van der Waals surface area (Å²) in [5.41, 5.74) is 2.42. The monoisotopic (exact) mass is 431 g/mol. The van der Waals surface area contributed by atoms with Crippen molar-refractivity contribution in [3.8, 4) is 5.75 Å². The fraction of sp³-hybridized carbons (Fsp3) is 0.333. The first-order chi connectivity index (χ1) is 14.2. The molecule has 0 saturated carbocycles. The van der Waals surface area contributed by atoms with E-state index in [1.807, 2.05) is 0 Å². The SMILES string of the molecule is COc1cccc(NC(=O)CN(C)C(=O)c2ccc3c(c2)CCCN3S(C)(=O)=O)c1. The summed E-state index contributed by atoms with van der Waals surface area (Å²) in [5, 5.41) is 2.74. The standard InChI is InChI=1S/C21H25N3O5S/c1-23(14-20(25)22-17-7-4-8-18(13-17)29-2)21(26)16-9-10-19-15(12-16)6-5-11-24(19)30(3,27)28/h4,7-10,12-13H,5-6,11,14H2,1-3H3,(H,22,25). The number of carbonyl (C=O) groups excluding carboxylic acids is 2. The number of nitrogens with one attached hydrogen (secondary N) is 1. The van der Waals surface area contributed by atoms with E-state index < -0.39 is 10.0 Å². The van der Waals surface area contributed by atoms with Gasteiger partial charge in [-0.25, -0.2) is 8.42 Å². The van der Waals surface area contributed by atoms with E-state index in [9.17, 15) is 18.0 Å². The van der Waals surface area contributed by atoms with Gasteiger partial charge in [0.1, 0.15) is 5.75 Å². The number of benzene rings is 2. The Morgan fingerprint density at radius 2 is 1.97 bits per heavy atom. The molecule has 9 heteroatoms. The largest absolute Gasteiger partial charge is 0.497 e. The molecular weight excluding hydrogens is 406 g/mol. The minimum Gasteiger partial charge on any atom is -0.497 e. The molecule has 8 nitrogen and oxygen atoms in total. The zero-order valence-electron chi connectivity index (χ0n) is 17.2. The molecule has 2 amide bonds. The molecule has 160 valence electrons. The zero-order chi connectivity index (χ0) is 21.9. The van der Waals surface area contributed by atoms with E-state index >= 15 is 0 Å². The predicted molar refractivity (Wildman–Crippen MR) is 116 cm³/mol. The van der Waals surface area contributed by atoms with Crippen LogP contribution in [-0.4, -0.2) is 58.6 Å². The molecule has 0 atom stereocenters. The number of ether oxygens (including phenoxy) is 1. The molecule has 0 aromatic heterocycles. The van der Waals surface area contributed by atoms with Crippen LogP contribution in [0.1, 0.15) is 22.3 Å². The molecule has 1 heterocycles. The maximum Gasteiger partial charge on any atom is 0.254 e. The van der Waals surface area contributed by atoms with E-state index in [1.54, 1.807) is 56.6 Å². The molecule has 0 spiro atoms. The second kappa shape index (κ2) is 8.74. The highest BCUT2D eigenvalue weighted by Crippen LogP contribution is 2.30. The lowest BCUT2D eigenvalue weighted by atomic mass is 10.0. The van der Waals surface area contributed by atoms with Gasteiger partial charge in [0, 0.05) is 30.9 Å². The summed E-state index contributed by atoms with van der Waals surface area (Å²) in [6.07, 6.45) is 2.56. The summed E-state index contributed by atoms with van der Waals surface area (Å²) in [6, 6.07) is 11.9. The van der Waals surface area contributed by atoms with Crippen LogP contribution in [0, 0.1) is 0 Å². The Morgan fingerprint density at radius 3 is 2.67 bits per heavy atom. The Labute approximate surface area is 176 Å². The maximum absolute atomic E-state index is 12.8. The van der Waals surface area contributed by atoms with E-state index in [1.165, 1.54) is 15.5 Å². The number of hydrogen-bond donors (Lipinski definition) is 1. The maximum atomic E-state index is 12.8. The second-order valence-corrected chi connectivity index (χ2v) is 9.13. The van der Waals surface area contributed by atoms with Gasteiger partial charge in [-0.1, -0.05) is 6.07 Å². The van der Waals surface area contributed by atoms with Crippen molar-refractivity contribution in [3.63, 3.8) is 0 Å². The summed E-state index contributed by atoms with van der Waals surface area (Å²) < 4.78 is 30.5. The Bertz CT molecular complexity index is 1070. The van der Waals surface area contributed by atoms with Crippen molar-refractivity contribution < 1.29 is 22.7 Å². The molecule has 1 N–H and O–H groups in total. The number of hydrogen-bond acceptors (Lipinski definition) is 5. The van der Waals surface area contributed by atoms with Gasteiger partial charge >= 0.3 is 0 Å². The van der Waals surface area contributed by atoms with Crippen LogP contribution in [0.3, 0.4) is 0 Å². The quantitative estimate of drug-likeness (QED) is 0.756. The highest BCUT2D eigenvalue weighted by atomic mass is 32.2. The van der Waals surface area contributed by atoms with Gasteiger partial charge in [0.05, 0.1) is 25.6 Å². The van der Waals surface area contributed by atoms with Crippen molar-refractivity contribution in [2.24, 2.45) is 0 Å². The molecule has 3 rings (SSSR count). The molecule has 0 fully saturated rings. The number of likely N-dealkylation sites (N-methyl/N-ethyl adjacent to an activating group) is 1. The number of fused-ring (bicyclic) bond motifs is 1. The van der Waals surface area contributed by atoms with Crippen LogP contribution in [0.2, 0.25) is 0 Å². The smallest absolute Gasteiger partial charge is 0.254 e. The lowest BCUT2D eigenvalue weighted by Gasteiger charge is -2.29. The number of nitrogens with zero attached hydrogens (tertiary/aromatic N) is 2. The van der Waals surface area contributed by atoms with Gasteiger partial charge < -0.3 is 15.0 Å². The summed E-state index contributed by atoms with van der Waals surface area (Å²) in [4.78, 5) is 26.4. The first-order valence-electron chi connectivity index (χ1n) is 9.49. The number of aryl methyl sites for hydroxylation is 1. The first kappa shape index (κ1) is 21.6. The molecule has 0 bridgehead atoms. The summed E-state index contributed by atoms with van der Waals surface area (Å²) in [6.45, 7) is 0.312. The van der Waals surface area contributed by atoms with Crippen molar-refractivity contribution in [2.75, 3.05) is 43.1 Å². The molecular formula is C21H25N3O5S. The van der Waals surface area contributed by atoms with E-state index in [-0.39, 0.29) is 18.4 Å². The van der Waals surface area contributed by atoms with Crippen LogP contribution in [0.5, 0.6) is 5.75 Å². The number of rotatable bonds is 6. The van der Waals surface area contributed by atoms with Crippen molar-refractivity contribution >= 4 is 33.2 Å². The number of anilines is 2. The van der Waals surface area contributed by atoms with Crippen LogP contribution in [0.25, 0.3) is 0 Å². The molecule has 0 unspecified atom stereocenters. The molecule has 2 aromatic carbocycles. The lowest BCUT2D eigenvalue weighted by molar-refractivity contribution is -0.116. The Hall–Kier alpha value is -3.07. The van der Waals surface area contributed by atoms with Gasteiger partial charge in [-0.2, -0.15) is 0 Å². The van der Waals surface area contributed by atoms with Crippen LogP contribution in [0.15, 0.2) is 42.5 Å². The zero-order valence-corrected chi connectivity index (χ0v) is 18.0. The van der Waals surface area contributed by atoms with Crippen LogP contribution >= 0.6 is 0 Å². The van der Waals surface area contributed by atoms with E-state index in [2.05, 4.69) is 5.32 Å². The third-order valence-corrected chi connectivity index (χ3v) is 6.06. The first-order valence-corrected chi connectivity index (χ1v) is 11.3. The molecule has 2 aromatic rings. The van der Waals surface area contributed by atoms with Crippen LogP contribution in [0.4, 0.5) is 11.4 Å². The molecule has 30 heavy (non-hydrogen) atoms. The van der Waals surface area contributed by atoms with Gasteiger partial charge in [0.15, 0.2) is 0 Å². The molecule has 1 aliphatic heterocycles. The number of carbonyl (C=O) groups is 2. The Morgan fingerprint density at radius 1 is 1.20 bits per heavy atom. The number of sulfonamides is 1. The van der Waals surface area contributed by atoms with Gasteiger partial charge in [-0.15, -0.1) is 0 Å². The molecule has 1 aliphatic rings. The summed E-state index contributed by atoms with van der Waals surface area (Å²) >= 11 is 0. The van der Waals surface area contributed by atoms with Gasteiger partial charge in [0.25, 0.3) is 5.91 Å². The average molecular weight is 432 g/mol. The van der Waals surface area contributed by atoms with E-state index in [0.29, 0.717) is 42.1 Å². The predicted octanol–water partition coefficient (Wildman–Crippen LogP) is 2.12. The Kier molecular flexibility index (Phi) is 6.31. The Balaban J connectivity index is 1.69. The molecule has 0 saturated heterocycles. The van der Waals surface area contributed by atoms with Gasteiger partial charge in [-0.05, 0) is 48.7 Å². The van der Waals surface area contributed by atoms with Crippen molar-refractivity contribution in [1.29, 1.82) is 0 Å². The fourth-order valence-corrected chi connectivity index (χ4v) is 4.45. The van der Waals surface area contributed by atoms with Crippen LogP contribution in [-0.2, 0) is 21.2 Å². The highest BCUT2D eigenvalue weighted by Gasteiger charge is 2.25. The minimum absolute atomic E-state index is 0.122. The van der Waals surface area contributed by atoms with Crippen LogP contribution < -0.4 is 14.4 Å². The molecule has 0 aliphatic carbocycles. The molecule has 0 radical (unpaired) electrons. The highest BCUT2D eigenvalue weighted by molar-refractivity contribution is 7.92. The van der Waals surface area contributed by atoms with Crippen molar-refractivity contribution in [2.45, 2.75) is 12.8 Å². The minimum atomic E-state index is -3.36. The van der Waals surface area contributed by atoms with Gasteiger partial charge in [-0.3, -0.25) is 13.9 Å². The third-order valence-electron chi connectivity index (χ3n) is 4.88. The van der Waals surface area contributed by atoms with E-state index in [4.69, 9.17) is 4.74 Å². The average Bonchev–Trinajstić information content (AvgIpc) is 2.71. The van der Waals surface area contributed by atoms with Crippen molar-refractivity contribution in [1.82, 2.24) is 4.90 Å². The van der Waals surface area contributed by atoms with Crippen molar-refractivity contribution in [3.05, 3.63) is 53.6 Å². The normalized spacial score (nSPS) is 13.4. The lowest BCUT2D eigenvalue weighted by Crippen LogP contribution is -2.36. The second-order valence-electron chi connectivity index (χ2n) is 7.22. The summed E-state index contributed by atoms with van der Waals surface area (Å²) in [7, 11) is -0.269. The van der Waals surface area contributed by atoms with E-state index in [0.717, 1.165) is 5.56 Å².